The molecule has 1 aromatic rings. The van der Waals surface area contributed by atoms with E-state index in [1.807, 2.05) is 12.1 Å². The van der Waals surface area contributed by atoms with E-state index >= 15 is 0 Å². The highest BCUT2D eigenvalue weighted by atomic mass is 32.2. The van der Waals surface area contributed by atoms with E-state index in [2.05, 4.69) is 28.6 Å². The molecule has 2 N–H and O–H groups in total. The van der Waals surface area contributed by atoms with Crippen LogP contribution >= 0.6 is 11.8 Å². The maximum absolute atomic E-state index is 10.0. The fourth-order valence-corrected chi connectivity index (χ4v) is 2.57. The van der Waals surface area contributed by atoms with Gasteiger partial charge in [0.05, 0.1) is 19.3 Å². The summed E-state index contributed by atoms with van der Waals surface area (Å²) in [4.78, 5) is 3.47. The predicted molar refractivity (Wildman–Crippen MR) is 80.0 cm³/mol. The highest BCUT2D eigenvalue weighted by Crippen LogP contribution is 2.18. The zero-order chi connectivity index (χ0) is 13.5. The van der Waals surface area contributed by atoms with E-state index in [1.54, 1.807) is 11.8 Å². The number of anilines is 1. The van der Waals surface area contributed by atoms with Gasteiger partial charge in [0.1, 0.15) is 0 Å². The lowest BCUT2D eigenvalue weighted by Gasteiger charge is -2.28. The molecular formula is C14H22N2O2S. The van der Waals surface area contributed by atoms with E-state index in [0.29, 0.717) is 13.1 Å². The van der Waals surface area contributed by atoms with Crippen LogP contribution in [0.4, 0.5) is 5.69 Å². The van der Waals surface area contributed by atoms with Crippen LogP contribution in [0.2, 0.25) is 0 Å². The van der Waals surface area contributed by atoms with Gasteiger partial charge in [0.25, 0.3) is 0 Å². The van der Waals surface area contributed by atoms with Crippen LogP contribution in [0.1, 0.15) is 0 Å². The Labute approximate surface area is 119 Å². The smallest absolute Gasteiger partial charge is 0.0839 e. The average molecular weight is 282 g/mol. The Hall–Kier alpha value is -0.750. The van der Waals surface area contributed by atoms with E-state index in [9.17, 15) is 5.11 Å². The zero-order valence-electron chi connectivity index (χ0n) is 11.3. The molecule has 1 aliphatic heterocycles. The fourth-order valence-electron chi connectivity index (χ4n) is 2.12. The molecule has 5 heteroatoms. The zero-order valence-corrected chi connectivity index (χ0v) is 12.2. The molecule has 1 fully saturated rings. The second kappa shape index (κ2) is 7.75. The third kappa shape index (κ3) is 5.03. The molecule has 1 heterocycles. The number of ether oxygens (including phenoxy) is 1. The molecule has 1 aliphatic rings. The number of benzene rings is 1. The quantitative estimate of drug-likeness (QED) is 0.775. The van der Waals surface area contributed by atoms with Crippen molar-refractivity contribution < 1.29 is 9.84 Å². The number of hydrogen-bond acceptors (Lipinski definition) is 5. The van der Waals surface area contributed by atoms with Crippen LogP contribution in [-0.4, -0.2) is 61.8 Å². The summed E-state index contributed by atoms with van der Waals surface area (Å²) < 4.78 is 5.29. The van der Waals surface area contributed by atoms with Gasteiger partial charge < -0.3 is 15.2 Å². The molecule has 1 aromatic carbocycles. The summed E-state index contributed by atoms with van der Waals surface area (Å²) >= 11 is 1.72. The Kier molecular flexibility index (Phi) is 5.97. The molecule has 2 rings (SSSR count). The molecule has 106 valence electrons. The number of thioether (sulfide) groups is 1. The summed E-state index contributed by atoms with van der Waals surface area (Å²) in [6.45, 7) is 4.66. The minimum atomic E-state index is -0.351. The first-order chi connectivity index (χ1) is 9.28. The van der Waals surface area contributed by atoms with Gasteiger partial charge in [-0.05, 0) is 24.5 Å². The molecule has 0 saturated carbocycles. The van der Waals surface area contributed by atoms with Crippen LogP contribution in [0, 0.1) is 0 Å². The molecule has 1 unspecified atom stereocenters. The van der Waals surface area contributed by atoms with Crippen LogP contribution in [0.3, 0.4) is 0 Å². The number of nitrogens with zero attached hydrogens (tertiary/aromatic N) is 1. The van der Waals surface area contributed by atoms with Gasteiger partial charge in [-0.15, -0.1) is 11.8 Å². The number of hydrogen-bond donors (Lipinski definition) is 2. The van der Waals surface area contributed by atoms with Crippen molar-refractivity contribution in [1.82, 2.24) is 4.90 Å². The Bertz CT molecular complexity index is 383. The SMILES string of the molecule is CSc1cccc(NCC(O)CN2CCOCC2)c1. The van der Waals surface area contributed by atoms with Gasteiger partial charge in [-0.1, -0.05) is 6.07 Å². The van der Waals surface area contributed by atoms with Gasteiger partial charge in [-0.25, -0.2) is 0 Å². The van der Waals surface area contributed by atoms with E-state index in [4.69, 9.17) is 4.74 Å². The lowest BCUT2D eigenvalue weighted by molar-refractivity contribution is 0.0171. The largest absolute Gasteiger partial charge is 0.390 e. The molecule has 0 spiro atoms. The third-order valence-corrected chi connectivity index (χ3v) is 3.91. The predicted octanol–water partition coefficient (Wildman–Crippen LogP) is 1.51. The minimum absolute atomic E-state index is 0.351. The first-order valence-electron chi connectivity index (χ1n) is 6.64. The summed E-state index contributed by atoms with van der Waals surface area (Å²) in [7, 11) is 0. The van der Waals surface area contributed by atoms with Gasteiger partial charge in [-0.2, -0.15) is 0 Å². The van der Waals surface area contributed by atoms with E-state index in [0.717, 1.165) is 32.0 Å². The van der Waals surface area contributed by atoms with Crippen molar-refractivity contribution >= 4 is 17.4 Å². The summed E-state index contributed by atoms with van der Waals surface area (Å²) in [5.41, 5.74) is 1.06. The topological polar surface area (TPSA) is 44.7 Å². The van der Waals surface area contributed by atoms with Crippen molar-refractivity contribution in [2.75, 3.05) is 51.0 Å². The highest BCUT2D eigenvalue weighted by Gasteiger charge is 2.14. The van der Waals surface area contributed by atoms with Crippen molar-refractivity contribution in [1.29, 1.82) is 0 Å². The first kappa shape index (κ1) is 14.7. The van der Waals surface area contributed by atoms with Crippen molar-refractivity contribution in [2.24, 2.45) is 0 Å². The van der Waals surface area contributed by atoms with Gasteiger partial charge in [0.2, 0.25) is 0 Å². The molecule has 0 aliphatic carbocycles. The number of nitrogens with one attached hydrogen (secondary N) is 1. The van der Waals surface area contributed by atoms with E-state index < -0.39 is 0 Å². The summed E-state index contributed by atoms with van der Waals surface area (Å²) in [5.74, 6) is 0. The lowest BCUT2D eigenvalue weighted by Crippen LogP contribution is -2.42. The maximum Gasteiger partial charge on any atom is 0.0839 e. The van der Waals surface area contributed by atoms with Gasteiger partial charge in [0.15, 0.2) is 0 Å². The van der Waals surface area contributed by atoms with E-state index in [-0.39, 0.29) is 6.10 Å². The third-order valence-electron chi connectivity index (χ3n) is 3.18. The highest BCUT2D eigenvalue weighted by molar-refractivity contribution is 7.98. The van der Waals surface area contributed by atoms with Crippen LogP contribution < -0.4 is 5.32 Å². The van der Waals surface area contributed by atoms with Crippen molar-refractivity contribution in [3.05, 3.63) is 24.3 Å². The minimum Gasteiger partial charge on any atom is -0.390 e. The second-order valence-corrected chi connectivity index (χ2v) is 5.56. The fraction of sp³-hybridized carbons (Fsp3) is 0.571. The first-order valence-corrected chi connectivity index (χ1v) is 7.86. The Morgan fingerprint density at radius 2 is 2.21 bits per heavy atom. The van der Waals surface area contributed by atoms with Gasteiger partial charge in [0, 0.05) is 36.8 Å². The Balaban J connectivity index is 1.74. The van der Waals surface area contributed by atoms with Gasteiger partial charge >= 0.3 is 0 Å². The molecule has 19 heavy (non-hydrogen) atoms. The van der Waals surface area contributed by atoms with Crippen molar-refractivity contribution in [3.8, 4) is 0 Å². The van der Waals surface area contributed by atoms with E-state index in [1.165, 1.54) is 4.90 Å². The number of aliphatic hydroxyl groups excluding tert-OH is 1. The number of rotatable bonds is 6. The number of aliphatic hydroxyl groups is 1. The lowest BCUT2D eigenvalue weighted by atomic mass is 10.2. The maximum atomic E-state index is 10.0. The number of β-amino-alcohol motifs (C(OH)–C–C–N with tert-alkyl or cyclic N) is 1. The Morgan fingerprint density at radius 3 is 2.95 bits per heavy atom. The van der Waals surface area contributed by atoms with Crippen LogP contribution in [0.25, 0.3) is 0 Å². The Morgan fingerprint density at radius 1 is 1.42 bits per heavy atom. The van der Waals surface area contributed by atoms with Crippen LogP contribution in [0.5, 0.6) is 0 Å². The average Bonchev–Trinajstić information content (AvgIpc) is 2.46. The monoisotopic (exact) mass is 282 g/mol. The number of morpholine rings is 1. The summed E-state index contributed by atoms with van der Waals surface area (Å²) in [5, 5.41) is 13.3. The van der Waals surface area contributed by atoms with Crippen molar-refractivity contribution in [3.63, 3.8) is 0 Å². The molecule has 1 saturated heterocycles. The normalized spacial score (nSPS) is 18.2. The van der Waals surface area contributed by atoms with Gasteiger partial charge in [-0.3, -0.25) is 4.90 Å². The van der Waals surface area contributed by atoms with Crippen LogP contribution in [-0.2, 0) is 4.74 Å². The molecule has 4 nitrogen and oxygen atoms in total. The van der Waals surface area contributed by atoms with Crippen molar-refractivity contribution in [2.45, 2.75) is 11.0 Å². The summed E-state index contributed by atoms with van der Waals surface area (Å²) in [6, 6.07) is 8.25. The molecule has 0 aromatic heterocycles. The molecular weight excluding hydrogens is 260 g/mol. The molecule has 0 bridgehead atoms. The second-order valence-electron chi connectivity index (χ2n) is 4.68. The molecule has 0 amide bonds. The molecule has 1 atom stereocenters. The van der Waals surface area contributed by atoms with Crippen LogP contribution in [0.15, 0.2) is 29.2 Å². The summed E-state index contributed by atoms with van der Waals surface area (Å²) in [6.07, 6.45) is 1.71. The molecule has 0 radical (unpaired) electrons. The standard InChI is InChI=1S/C14H22N2O2S/c1-19-14-4-2-3-12(9-14)15-10-13(17)11-16-5-7-18-8-6-16/h2-4,9,13,15,17H,5-8,10-11H2,1H3.